The van der Waals surface area contributed by atoms with Crippen LogP contribution in [0.3, 0.4) is 0 Å². The zero-order valence-electron chi connectivity index (χ0n) is 11.6. The van der Waals surface area contributed by atoms with Crippen molar-refractivity contribution in [3.8, 4) is 11.5 Å². The molecule has 0 radical (unpaired) electrons. The summed E-state index contributed by atoms with van der Waals surface area (Å²) in [5.41, 5.74) is 1.11. The summed E-state index contributed by atoms with van der Waals surface area (Å²) in [4.78, 5) is 0. The molecule has 0 saturated carbocycles. The summed E-state index contributed by atoms with van der Waals surface area (Å²) >= 11 is 0. The van der Waals surface area contributed by atoms with Crippen molar-refractivity contribution in [2.24, 2.45) is 0 Å². The van der Waals surface area contributed by atoms with E-state index in [0.717, 1.165) is 5.56 Å². The molecule has 1 N–H and O–H groups in total. The van der Waals surface area contributed by atoms with Crippen LogP contribution in [-0.4, -0.2) is 30.5 Å². The summed E-state index contributed by atoms with van der Waals surface area (Å²) < 4.78 is 16.8. The molecule has 0 spiro atoms. The van der Waals surface area contributed by atoms with Crippen LogP contribution < -0.4 is 9.47 Å². The van der Waals surface area contributed by atoms with E-state index in [1.165, 1.54) is 0 Å². The average Bonchev–Trinajstić information content (AvgIpc) is 3.31. The van der Waals surface area contributed by atoms with E-state index in [9.17, 15) is 0 Å². The van der Waals surface area contributed by atoms with Crippen LogP contribution in [0.25, 0.3) is 0 Å². The second kappa shape index (κ2) is 6.61. The van der Waals surface area contributed by atoms with Gasteiger partial charge >= 0.3 is 0 Å². The number of hydrogen-bond donors (Lipinski definition) is 1. The van der Waals surface area contributed by atoms with Gasteiger partial charge in [-0.1, -0.05) is 42.5 Å². The Kier molecular flexibility index (Phi) is 4.38. The van der Waals surface area contributed by atoms with Crippen LogP contribution in [0.1, 0.15) is 5.56 Å². The zero-order chi connectivity index (χ0) is 14.5. The fourth-order valence-electron chi connectivity index (χ4n) is 2.08. The highest BCUT2D eigenvalue weighted by Gasteiger charge is 2.38. The van der Waals surface area contributed by atoms with Crippen LogP contribution in [0.5, 0.6) is 11.5 Å². The molecule has 1 saturated heterocycles. The summed E-state index contributed by atoms with van der Waals surface area (Å²) in [5, 5.41) is 8.93. The van der Waals surface area contributed by atoms with E-state index in [1.807, 2.05) is 54.6 Å². The van der Waals surface area contributed by atoms with Gasteiger partial charge in [-0.2, -0.15) is 0 Å². The predicted octanol–water partition coefficient (Wildman–Crippen LogP) is 2.40. The Morgan fingerprint density at radius 2 is 1.52 bits per heavy atom. The van der Waals surface area contributed by atoms with Crippen molar-refractivity contribution in [3.63, 3.8) is 0 Å². The number of hydrogen-bond acceptors (Lipinski definition) is 4. The number of ether oxygens (including phenoxy) is 3. The third kappa shape index (κ3) is 3.74. The van der Waals surface area contributed by atoms with E-state index in [4.69, 9.17) is 19.3 Å². The van der Waals surface area contributed by atoms with Gasteiger partial charge in [0.25, 0.3) is 0 Å². The molecule has 1 heterocycles. The third-order valence-electron chi connectivity index (χ3n) is 3.36. The van der Waals surface area contributed by atoms with Gasteiger partial charge in [0.1, 0.15) is 25.4 Å². The van der Waals surface area contributed by atoms with E-state index in [-0.39, 0.29) is 18.8 Å². The van der Waals surface area contributed by atoms with Crippen molar-refractivity contribution in [2.45, 2.75) is 18.8 Å². The normalized spacial score (nSPS) is 20.0. The molecular formula is C17H18O4. The van der Waals surface area contributed by atoms with Gasteiger partial charge in [0, 0.05) is 0 Å². The Labute approximate surface area is 123 Å². The molecule has 0 aliphatic carbocycles. The monoisotopic (exact) mass is 286 g/mol. The Balaban J connectivity index is 1.57. The largest absolute Gasteiger partial charge is 0.487 e. The van der Waals surface area contributed by atoms with Crippen molar-refractivity contribution in [3.05, 3.63) is 60.2 Å². The first-order valence-electron chi connectivity index (χ1n) is 7.01. The van der Waals surface area contributed by atoms with Crippen LogP contribution in [0.4, 0.5) is 0 Å². The molecule has 2 aromatic carbocycles. The highest BCUT2D eigenvalue weighted by atomic mass is 16.6. The highest BCUT2D eigenvalue weighted by molar-refractivity contribution is 5.39. The topological polar surface area (TPSA) is 51.2 Å². The van der Waals surface area contributed by atoms with Crippen LogP contribution in [0.15, 0.2) is 54.6 Å². The van der Waals surface area contributed by atoms with Gasteiger partial charge in [-0.05, 0) is 17.7 Å². The predicted molar refractivity (Wildman–Crippen MR) is 78.5 cm³/mol. The molecule has 2 aromatic rings. The zero-order valence-corrected chi connectivity index (χ0v) is 11.6. The number of epoxide rings is 1. The molecule has 0 amide bonds. The number of benzene rings is 2. The summed E-state index contributed by atoms with van der Waals surface area (Å²) in [6.07, 6.45) is -0.0976. The van der Waals surface area contributed by atoms with Crippen molar-refractivity contribution >= 4 is 0 Å². The molecule has 4 heteroatoms. The molecule has 0 unspecified atom stereocenters. The van der Waals surface area contributed by atoms with Crippen molar-refractivity contribution in [1.82, 2.24) is 0 Å². The quantitative estimate of drug-likeness (QED) is 0.794. The number of aliphatic hydroxyl groups is 1. The molecule has 1 aliphatic rings. The Hall–Kier alpha value is -2.04. The van der Waals surface area contributed by atoms with Gasteiger partial charge in [0.05, 0.1) is 6.61 Å². The van der Waals surface area contributed by atoms with Gasteiger partial charge in [-0.15, -0.1) is 0 Å². The van der Waals surface area contributed by atoms with E-state index in [1.54, 1.807) is 0 Å². The van der Waals surface area contributed by atoms with E-state index < -0.39 is 0 Å². The standard InChI is InChI=1S/C17H18O4/c18-10-16-17(21-16)12-20-15-9-5-4-8-14(15)19-11-13-6-2-1-3-7-13/h1-9,16-18H,10-12H2/t16-,17-/m1/s1. The summed E-state index contributed by atoms with van der Waals surface area (Å²) in [5.74, 6) is 1.41. The molecule has 1 aliphatic heterocycles. The molecule has 4 nitrogen and oxygen atoms in total. The minimum atomic E-state index is -0.0811. The minimum Gasteiger partial charge on any atom is -0.487 e. The first-order valence-corrected chi connectivity index (χ1v) is 7.01. The maximum absolute atomic E-state index is 8.93. The first kappa shape index (κ1) is 13.9. The molecular weight excluding hydrogens is 268 g/mol. The molecule has 21 heavy (non-hydrogen) atoms. The fourth-order valence-corrected chi connectivity index (χ4v) is 2.08. The van der Waals surface area contributed by atoms with Crippen molar-refractivity contribution in [2.75, 3.05) is 13.2 Å². The SMILES string of the molecule is OC[C@H]1O[C@@H]1COc1ccccc1OCc1ccccc1. The van der Waals surface area contributed by atoms with Gasteiger partial charge in [0.2, 0.25) is 0 Å². The lowest BCUT2D eigenvalue weighted by molar-refractivity contribution is 0.226. The smallest absolute Gasteiger partial charge is 0.161 e. The molecule has 1 fully saturated rings. The third-order valence-corrected chi connectivity index (χ3v) is 3.36. The van der Waals surface area contributed by atoms with Crippen molar-refractivity contribution in [1.29, 1.82) is 0 Å². The maximum Gasteiger partial charge on any atom is 0.161 e. The Bertz CT molecular complexity index is 570. The van der Waals surface area contributed by atoms with E-state index in [0.29, 0.717) is 24.7 Å². The van der Waals surface area contributed by atoms with Gasteiger partial charge < -0.3 is 19.3 Å². The maximum atomic E-state index is 8.93. The van der Waals surface area contributed by atoms with E-state index >= 15 is 0 Å². The Morgan fingerprint density at radius 1 is 0.857 bits per heavy atom. The summed E-state index contributed by atoms with van der Waals surface area (Å²) in [6, 6.07) is 17.6. The number of aliphatic hydroxyl groups excluding tert-OH is 1. The van der Waals surface area contributed by atoms with Gasteiger partial charge in [0.15, 0.2) is 11.5 Å². The van der Waals surface area contributed by atoms with Gasteiger partial charge in [-0.3, -0.25) is 0 Å². The molecule has 0 aromatic heterocycles. The lowest BCUT2D eigenvalue weighted by Gasteiger charge is -2.12. The van der Waals surface area contributed by atoms with Crippen LogP contribution in [0, 0.1) is 0 Å². The van der Waals surface area contributed by atoms with Crippen LogP contribution >= 0.6 is 0 Å². The van der Waals surface area contributed by atoms with E-state index in [2.05, 4.69) is 0 Å². The molecule has 0 bridgehead atoms. The van der Waals surface area contributed by atoms with Crippen LogP contribution in [0.2, 0.25) is 0 Å². The number of para-hydroxylation sites is 2. The number of rotatable bonds is 7. The first-order chi connectivity index (χ1) is 10.4. The average molecular weight is 286 g/mol. The lowest BCUT2D eigenvalue weighted by Crippen LogP contribution is -2.10. The van der Waals surface area contributed by atoms with Crippen LogP contribution in [-0.2, 0) is 11.3 Å². The minimum absolute atomic E-state index is 0.0165. The second-order valence-electron chi connectivity index (χ2n) is 4.93. The second-order valence-corrected chi connectivity index (χ2v) is 4.93. The lowest BCUT2D eigenvalue weighted by atomic mass is 10.2. The van der Waals surface area contributed by atoms with Crippen molar-refractivity contribution < 1.29 is 19.3 Å². The highest BCUT2D eigenvalue weighted by Crippen LogP contribution is 2.29. The molecule has 2 atom stereocenters. The fraction of sp³-hybridized carbons (Fsp3) is 0.294. The van der Waals surface area contributed by atoms with Gasteiger partial charge in [-0.25, -0.2) is 0 Å². The molecule has 3 rings (SSSR count). The molecule has 110 valence electrons. The Morgan fingerprint density at radius 3 is 2.19 bits per heavy atom. The summed E-state index contributed by atoms with van der Waals surface area (Å²) in [7, 11) is 0. The summed E-state index contributed by atoms with van der Waals surface area (Å²) in [6.45, 7) is 0.970.